The van der Waals surface area contributed by atoms with Crippen LogP contribution >= 0.6 is 0 Å². The number of hydrogen-bond donors (Lipinski definition) is 2. The Hall–Kier alpha value is -3.54. The number of carbonyl (C=O) groups is 2. The summed E-state index contributed by atoms with van der Waals surface area (Å²) in [7, 11) is 0. The van der Waals surface area contributed by atoms with E-state index in [-0.39, 0.29) is 11.1 Å². The molecule has 0 aliphatic rings. The lowest BCUT2D eigenvalue weighted by molar-refractivity contribution is 0.0999. The predicted molar refractivity (Wildman–Crippen MR) is 90.9 cm³/mol. The summed E-state index contributed by atoms with van der Waals surface area (Å²) in [6.07, 6.45) is 3.54. The van der Waals surface area contributed by atoms with Gasteiger partial charge in [0.05, 0.1) is 11.4 Å². The minimum Gasteiger partial charge on any atom is -0.366 e. The summed E-state index contributed by atoms with van der Waals surface area (Å²) in [5, 5.41) is 0. The van der Waals surface area contributed by atoms with Gasteiger partial charge in [0, 0.05) is 23.5 Å². The highest BCUT2D eigenvalue weighted by Crippen LogP contribution is 2.10. The molecule has 0 atom stereocenters. The molecule has 0 spiro atoms. The number of pyridine rings is 2. The van der Waals surface area contributed by atoms with Gasteiger partial charge in [-0.1, -0.05) is 18.2 Å². The first-order valence-corrected chi connectivity index (χ1v) is 7.10. The summed E-state index contributed by atoms with van der Waals surface area (Å²) in [5.41, 5.74) is 12.4. The summed E-state index contributed by atoms with van der Waals surface area (Å²) in [6, 6.07) is 17.6. The number of nitrogens with zero attached hydrogens (tertiary/aromatic N) is 2. The van der Waals surface area contributed by atoms with Crippen LogP contribution in [0.3, 0.4) is 0 Å². The molecule has 1 aromatic carbocycles. The second-order valence-electron chi connectivity index (χ2n) is 4.74. The van der Waals surface area contributed by atoms with Crippen molar-refractivity contribution in [2.75, 3.05) is 0 Å². The lowest BCUT2D eigenvalue weighted by atomic mass is 10.1. The van der Waals surface area contributed by atoms with Crippen molar-refractivity contribution in [3.8, 4) is 11.4 Å². The molecule has 2 amide bonds. The van der Waals surface area contributed by atoms with Gasteiger partial charge >= 0.3 is 0 Å². The lowest BCUT2D eigenvalue weighted by Crippen LogP contribution is -2.14. The van der Waals surface area contributed by atoms with Gasteiger partial charge < -0.3 is 11.5 Å². The van der Waals surface area contributed by atoms with Gasteiger partial charge in [-0.2, -0.15) is 0 Å². The molecule has 6 heteroatoms. The van der Waals surface area contributed by atoms with Gasteiger partial charge in [0.2, 0.25) is 11.8 Å². The maximum atomic E-state index is 10.6. The first-order chi connectivity index (χ1) is 11.6. The largest absolute Gasteiger partial charge is 0.366 e. The highest BCUT2D eigenvalue weighted by atomic mass is 16.1. The number of hydrogen-bond acceptors (Lipinski definition) is 4. The van der Waals surface area contributed by atoms with Crippen molar-refractivity contribution in [3.05, 3.63) is 84.2 Å². The minimum atomic E-state index is -0.571. The number of primary amides is 2. The smallest absolute Gasteiger partial charge is 0.248 e. The minimum absolute atomic E-state index is 0.284. The second kappa shape index (κ2) is 8.19. The van der Waals surface area contributed by atoms with Crippen LogP contribution in [0.2, 0.25) is 0 Å². The molecule has 0 aliphatic carbocycles. The molecule has 3 aromatic rings. The van der Waals surface area contributed by atoms with Crippen molar-refractivity contribution >= 4 is 11.8 Å². The molecular weight excluding hydrogens is 304 g/mol. The third-order valence-electron chi connectivity index (χ3n) is 3.02. The van der Waals surface area contributed by atoms with Crippen molar-refractivity contribution in [2.45, 2.75) is 0 Å². The average molecular weight is 320 g/mol. The van der Waals surface area contributed by atoms with E-state index in [1.165, 1.54) is 18.2 Å². The van der Waals surface area contributed by atoms with Crippen LogP contribution in [0.1, 0.15) is 20.7 Å². The van der Waals surface area contributed by atoms with Crippen LogP contribution in [0.15, 0.2) is 73.1 Å². The molecule has 24 heavy (non-hydrogen) atoms. The highest BCUT2D eigenvalue weighted by molar-refractivity contribution is 5.98. The summed E-state index contributed by atoms with van der Waals surface area (Å²) in [5.74, 6) is -1.14. The molecular formula is C18H16N4O2. The third-order valence-corrected chi connectivity index (χ3v) is 3.02. The first kappa shape index (κ1) is 16.8. The molecule has 4 N–H and O–H groups in total. The first-order valence-electron chi connectivity index (χ1n) is 7.10. The summed E-state index contributed by atoms with van der Waals surface area (Å²) < 4.78 is 0. The van der Waals surface area contributed by atoms with E-state index in [2.05, 4.69) is 9.97 Å². The molecule has 0 unspecified atom stereocenters. The van der Waals surface area contributed by atoms with Crippen LogP contribution in [0.5, 0.6) is 0 Å². The monoisotopic (exact) mass is 320 g/mol. The van der Waals surface area contributed by atoms with Gasteiger partial charge in [-0.3, -0.25) is 19.6 Å². The lowest BCUT2D eigenvalue weighted by Gasteiger charge is -1.97. The Labute approximate surface area is 139 Å². The van der Waals surface area contributed by atoms with Crippen LogP contribution in [0.25, 0.3) is 11.4 Å². The van der Waals surface area contributed by atoms with Crippen molar-refractivity contribution in [2.24, 2.45) is 11.5 Å². The Morgan fingerprint density at radius 2 is 1.12 bits per heavy atom. The molecule has 0 fully saturated rings. The van der Waals surface area contributed by atoms with E-state index in [1.807, 2.05) is 36.4 Å². The van der Waals surface area contributed by atoms with Crippen molar-refractivity contribution in [1.29, 1.82) is 0 Å². The number of benzene rings is 1. The number of carbonyl (C=O) groups excluding carboxylic acids is 2. The van der Waals surface area contributed by atoms with E-state index >= 15 is 0 Å². The summed E-state index contributed by atoms with van der Waals surface area (Å²) in [4.78, 5) is 29.7. The molecule has 0 radical (unpaired) electrons. The Bertz CT molecular complexity index is 754. The molecule has 0 saturated heterocycles. The molecule has 2 aromatic heterocycles. The molecule has 0 bridgehead atoms. The maximum Gasteiger partial charge on any atom is 0.248 e. The molecule has 120 valence electrons. The average Bonchev–Trinajstić information content (AvgIpc) is 2.64. The van der Waals surface area contributed by atoms with Crippen LogP contribution in [-0.2, 0) is 0 Å². The Morgan fingerprint density at radius 3 is 1.46 bits per heavy atom. The fourth-order valence-corrected chi connectivity index (χ4v) is 1.85. The van der Waals surface area contributed by atoms with E-state index in [9.17, 15) is 9.59 Å². The Morgan fingerprint density at radius 1 is 0.667 bits per heavy atom. The van der Waals surface area contributed by atoms with E-state index in [0.29, 0.717) is 0 Å². The number of rotatable bonds is 3. The molecule has 0 saturated carbocycles. The Kier molecular flexibility index (Phi) is 5.74. The topological polar surface area (TPSA) is 112 Å². The van der Waals surface area contributed by atoms with Crippen LogP contribution in [-0.4, -0.2) is 21.8 Å². The number of nitrogens with two attached hydrogens (primary N) is 2. The standard InChI is InChI=1S/C10H8N2.C8H8N2O2/c1-3-7-11-9(5-1)10-6-2-4-8-12-10;9-7(11)5-2-1-3-6(4-5)8(10)12/h1-8H;1-4H,(H2,9,11)(H2,10,12). The van der Waals surface area contributed by atoms with E-state index in [1.54, 1.807) is 18.5 Å². The highest BCUT2D eigenvalue weighted by Gasteiger charge is 2.03. The summed E-state index contributed by atoms with van der Waals surface area (Å²) >= 11 is 0. The molecule has 6 nitrogen and oxygen atoms in total. The van der Waals surface area contributed by atoms with Crippen molar-refractivity contribution in [1.82, 2.24) is 9.97 Å². The fraction of sp³-hybridized carbons (Fsp3) is 0. The van der Waals surface area contributed by atoms with Crippen LogP contribution in [0.4, 0.5) is 0 Å². The van der Waals surface area contributed by atoms with Crippen molar-refractivity contribution < 1.29 is 9.59 Å². The van der Waals surface area contributed by atoms with E-state index < -0.39 is 11.8 Å². The van der Waals surface area contributed by atoms with Gasteiger partial charge in [-0.25, -0.2) is 0 Å². The van der Waals surface area contributed by atoms with Crippen molar-refractivity contribution in [3.63, 3.8) is 0 Å². The zero-order chi connectivity index (χ0) is 17.4. The number of amides is 2. The van der Waals surface area contributed by atoms with Gasteiger partial charge in [-0.05, 0) is 42.5 Å². The Balaban J connectivity index is 0.000000174. The SMILES string of the molecule is NC(=O)c1cccc(C(N)=O)c1.c1ccc(-c2ccccn2)nc1. The van der Waals surface area contributed by atoms with E-state index in [4.69, 9.17) is 11.5 Å². The van der Waals surface area contributed by atoms with Crippen LogP contribution < -0.4 is 11.5 Å². The van der Waals surface area contributed by atoms with Crippen LogP contribution in [0, 0.1) is 0 Å². The quantitative estimate of drug-likeness (QED) is 0.768. The summed E-state index contributed by atoms with van der Waals surface area (Å²) in [6.45, 7) is 0. The third kappa shape index (κ3) is 4.74. The van der Waals surface area contributed by atoms with Gasteiger partial charge in [0.25, 0.3) is 0 Å². The van der Waals surface area contributed by atoms with Gasteiger partial charge in [0.15, 0.2) is 0 Å². The fourth-order valence-electron chi connectivity index (χ4n) is 1.85. The second-order valence-corrected chi connectivity index (χ2v) is 4.74. The zero-order valence-electron chi connectivity index (χ0n) is 12.8. The van der Waals surface area contributed by atoms with Gasteiger partial charge in [0.1, 0.15) is 0 Å². The normalized spacial score (nSPS) is 9.50. The number of aromatic nitrogens is 2. The molecule has 0 aliphatic heterocycles. The maximum absolute atomic E-state index is 10.6. The predicted octanol–water partition coefficient (Wildman–Crippen LogP) is 2.03. The molecule has 3 rings (SSSR count). The van der Waals surface area contributed by atoms with Gasteiger partial charge in [-0.15, -0.1) is 0 Å². The van der Waals surface area contributed by atoms with E-state index in [0.717, 1.165) is 11.4 Å². The molecule has 2 heterocycles. The zero-order valence-corrected chi connectivity index (χ0v) is 12.8.